The summed E-state index contributed by atoms with van der Waals surface area (Å²) in [6, 6.07) is 16.4. The average Bonchev–Trinajstić information content (AvgIpc) is 3.26. The zero-order chi connectivity index (χ0) is 23.8. The molecule has 0 unspecified atom stereocenters. The Bertz CT molecular complexity index is 1130. The van der Waals surface area contributed by atoms with E-state index in [0.717, 1.165) is 16.7 Å². The minimum atomic E-state index is -0.371. The van der Waals surface area contributed by atoms with Crippen LogP contribution in [0.1, 0.15) is 53.9 Å². The molecule has 1 aromatic heterocycles. The topological polar surface area (TPSA) is 90.1 Å². The quantitative estimate of drug-likeness (QED) is 0.280. The molecule has 0 fully saturated rings. The maximum absolute atomic E-state index is 12.1. The minimum Gasteiger partial charge on any atom is -0.483 e. The molecule has 0 atom stereocenters. The summed E-state index contributed by atoms with van der Waals surface area (Å²) in [7, 11) is 0. The third-order valence-corrected chi connectivity index (χ3v) is 4.84. The highest BCUT2D eigenvalue weighted by molar-refractivity contribution is 5.90. The maximum Gasteiger partial charge on any atom is 0.338 e. The van der Waals surface area contributed by atoms with Gasteiger partial charge in [0.25, 0.3) is 5.91 Å². The third kappa shape index (κ3) is 6.55. The van der Waals surface area contributed by atoms with Crippen LogP contribution in [-0.4, -0.2) is 31.3 Å². The van der Waals surface area contributed by atoms with E-state index < -0.39 is 0 Å². The molecule has 1 N–H and O–H groups in total. The molecular weight excluding hydrogens is 420 g/mol. The highest BCUT2D eigenvalue weighted by atomic mass is 16.5. The summed E-state index contributed by atoms with van der Waals surface area (Å²) in [5.74, 6) is 1.34. The van der Waals surface area contributed by atoms with E-state index in [2.05, 4.69) is 24.4 Å². The number of rotatable bonds is 9. The lowest BCUT2D eigenvalue weighted by molar-refractivity contribution is -0.123. The Morgan fingerprint density at radius 1 is 1.09 bits per heavy atom. The summed E-state index contributed by atoms with van der Waals surface area (Å²) in [5.41, 5.74) is 5.84. The highest BCUT2D eigenvalue weighted by Crippen LogP contribution is 2.27. The fourth-order valence-electron chi connectivity index (χ4n) is 3.15. The minimum absolute atomic E-state index is 0.142. The number of hydrogen-bond acceptors (Lipinski definition) is 6. The number of amides is 1. The number of ether oxygens (including phenoxy) is 2. The second-order valence-corrected chi connectivity index (χ2v) is 7.78. The molecule has 0 saturated carbocycles. The number of carbonyl (C=O) groups excluding carboxylic acids is 2. The van der Waals surface area contributed by atoms with E-state index >= 15 is 0 Å². The number of hydrogen-bond donors (Lipinski definition) is 1. The van der Waals surface area contributed by atoms with Crippen molar-refractivity contribution < 1.29 is 23.5 Å². The number of furan rings is 1. The van der Waals surface area contributed by atoms with Crippen molar-refractivity contribution >= 4 is 18.1 Å². The Labute approximate surface area is 193 Å². The first kappa shape index (κ1) is 23.8. The average molecular weight is 449 g/mol. The number of nitrogens with zero attached hydrogens (tertiary/aromatic N) is 1. The highest BCUT2D eigenvalue weighted by Gasteiger charge is 2.11. The van der Waals surface area contributed by atoms with Crippen LogP contribution in [0.15, 0.2) is 64.1 Å². The number of carbonyl (C=O) groups is 2. The summed E-state index contributed by atoms with van der Waals surface area (Å²) in [5, 5.41) is 3.93. The van der Waals surface area contributed by atoms with Crippen LogP contribution in [0.3, 0.4) is 0 Å². The molecule has 3 rings (SSSR count). The number of esters is 1. The standard InChI is InChI=1S/C26H28N2O5/c1-5-31-26(30)20-9-7-19(8-10-20)23-13-11-21(33-23)15-27-28-25(29)16-32-24-14-18(4)6-12-22(24)17(2)3/h6-15,17H,5,16H2,1-4H3,(H,28,29). The van der Waals surface area contributed by atoms with Gasteiger partial charge in [-0.05, 0) is 61.2 Å². The molecule has 33 heavy (non-hydrogen) atoms. The molecule has 7 nitrogen and oxygen atoms in total. The molecule has 7 heteroatoms. The Morgan fingerprint density at radius 3 is 2.55 bits per heavy atom. The van der Waals surface area contributed by atoms with Crippen molar-refractivity contribution in [2.45, 2.75) is 33.6 Å². The van der Waals surface area contributed by atoms with Gasteiger partial charge in [0.15, 0.2) is 6.61 Å². The molecule has 1 heterocycles. The molecular formula is C26H28N2O5. The first-order valence-corrected chi connectivity index (χ1v) is 10.8. The van der Waals surface area contributed by atoms with Crippen molar-refractivity contribution in [3.8, 4) is 17.1 Å². The molecule has 172 valence electrons. The van der Waals surface area contributed by atoms with E-state index in [1.165, 1.54) is 6.21 Å². The monoisotopic (exact) mass is 448 g/mol. The number of nitrogens with one attached hydrogen (secondary N) is 1. The van der Waals surface area contributed by atoms with Crippen LogP contribution >= 0.6 is 0 Å². The normalized spacial score (nSPS) is 11.1. The fourth-order valence-corrected chi connectivity index (χ4v) is 3.15. The number of hydrazone groups is 1. The lowest BCUT2D eigenvalue weighted by Crippen LogP contribution is -2.24. The Hall–Kier alpha value is -3.87. The van der Waals surface area contributed by atoms with E-state index in [4.69, 9.17) is 13.9 Å². The van der Waals surface area contributed by atoms with E-state index in [1.54, 1.807) is 43.3 Å². The van der Waals surface area contributed by atoms with Gasteiger partial charge in [0, 0.05) is 5.56 Å². The van der Waals surface area contributed by atoms with Gasteiger partial charge in [-0.1, -0.05) is 38.1 Å². The van der Waals surface area contributed by atoms with Crippen molar-refractivity contribution in [1.82, 2.24) is 5.43 Å². The van der Waals surface area contributed by atoms with E-state index in [-0.39, 0.29) is 24.4 Å². The molecule has 0 aliphatic rings. The van der Waals surface area contributed by atoms with E-state index in [1.807, 2.05) is 25.1 Å². The van der Waals surface area contributed by atoms with Gasteiger partial charge in [-0.2, -0.15) is 5.10 Å². The number of benzene rings is 2. The van der Waals surface area contributed by atoms with Crippen LogP contribution < -0.4 is 10.2 Å². The van der Waals surface area contributed by atoms with Gasteiger partial charge in [-0.25, -0.2) is 10.2 Å². The Balaban J connectivity index is 1.54. The zero-order valence-corrected chi connectivity index (χ0v) is 19.3. The van der Waals surface area contributed by atoms with Crippen LogP contribution in [0.2, 0.25) is 0 Å². The Morgan fingerprint density at radius 2 is 1.85 bits per heavy atom. The molecule has 1 amide bonds. The van der Waals surface area contributed by atoms with Gasteiger partial charge in [-0.15, -0.1) is 0 Å². The smallest absolute Gasteiger partial charge is 0.338 e. The number of aryl methyl sites for hydroxylation is 1. The maximum atomic E-state index is 12.1. The molecule has 2 aromatic carbocycles. The largest absolute Gasteiger partial charge is 0.483 e. The van der Waals surface area contributed by atoms with Crippen LogP contribution in [0, 0.1) is 6.92 Å². The SMILES string of the molecule is CCOC(=O)c1ccc(-c2ccc(C=NNC(=O)COc3cc(C)ccc3C(C)C)o2)cc1. The van der Waals surface area contributed by atoms with Gasteiger partial charge in [0.1, 0.15) is 17.3 Å². The summed E-state index contributed by atoms with van der Waals surface area (Å²) < 4.78 is 16.4. The van der Waals surface area contributed by atoms with Gasteiger partial charge < -0.3 is 13.9 Å². The molecule has 0 bridgehead atoms. The zero-order valence-electron chi connectivity index (χ0n) is 19.3. The predicted molar refractivity (Wildman–Crippen MR) is 127 cm³/mol. The van der Waals surface area contributed by atoms with Crippen LogP contribution in [0.4, 0.5) is 0 Å². The molecule has 0 spiro atoms. The van der Waals surface area contributed by atoms with Crippen molar-refractivity contribution in [3.05, 3.63) is 77.0 Å². The Kier molecular flexibility index (Phi) is 8.02. The first-order valence-electron chi connectivity index (χ1n) is 10.8. The van der Waals surface area contributed by atoms with E-state index in [9.17, 15) is 9.59 Å². The summed E-state index contributed by atoms with van der Waals surface area (Å²) in [6.45, 7) is 8.09. The summed E-state index contributed by atoms with van der Waals surface area (Å²) in [6.07, 6.45) is 1.42. The van der Waals surface area contributed by atoms with Crippen LogP contribution in [0.25, 0.3) is 11.3 Å². The fraction of sp³-hybridized carbons (Fsp3) is 0.269. The molecule has 0 aliphatic heterocycles. The first-order chi connectivity index (χ1) is 15.9. The summed E-state index contributed by atoms with van der Waals surface area (Å²) >= 11 is 0. The lowest BCUT2D eigenvalue weighted by Gasteiger charge is -2.14. The molecule has 0 aliphatic carbocycles. The second kappa shape index (κ2) is 11.1. The molecule has 3 aromatic rings. The molecule has 0 saturated heterocycles. The molecule has 0 radical (unpaired) electrons. The van der Waals surface area contributed by atoms with Crippen molar-refractivity contribution in [2.75, 3.05) is 13.2 Å². The van der Waals surface area contributed by atoms with Crippen molar-refractivity contribution in [3.63, 3.8) is 0 Å². The van der Waals surface area contributed by atoms with Gasteiger partial charge >= 0.3 is 5.97 Å². The lowest BCUT2D eigenvalue weighted by atomic mass is 10.0. The third-order valence-electron chi connectivity index (χ3n) is 4.84. The van der Waals surface area contributed by atoms with Gasteiger partial charge in [0.05, 0.1) is 18.4 Å². The van der Waals surface area contributed by atoms with Crippen molar-refractivity contribution in [2.24, 2.45) is 5.10 Å². The van der Waals surface area contributed by atoms with Gasteiger partial charge in [0.2, 0.25) is 0 Å². The summed E-state index contributed by atoms with van der Waals surface area (Å²) in [4.78, 5) is 23.9. The van der Waals surface area contributed by atoms with Gasteiger partial charge in [-0.3, -0.25) is 4.79 Å². The van der Waals surface area contributed by atoms with E-state index in [0.29, 0.717) is 29.4 Å². The predicted octanol–water partition coefficient (Wildman–Crippen LogP) is 5.08. The van der Waals surface area contributed by atoms with Crippen molar-refractivity contribution in [1.29, 1.82) is 0 Å². The van der Waals surface area contributed by atoms with Crippen LogP contribution in [0.5, 0.6) is 5.75 Å². The van der Waals surface area contributed by atoms with Crippen LogP contribution in [-0.2, 0) is 9.53 Å². The second-order valence-electron chi connectivity index (χ2n) is 7.78.